The van der Waals surface area contributed by atoms with Gasteiger partial charge in [0, 0.05) is 26.2 Å². The first-order valence-corrected chi connectivity index (χ1v) is 6.37. The summed E-state index contributed by atoms with van der Waals surface area (Å²) in [6.07, 6.45) is -3.82. The lowest BCUT2D eigenvalue weighted by atomic mass is 10.1. The zero-order valence-corrected chi connectivity index (χ0v) is 11.2. The van der Waals surface area contributed by atoms with Crippen molar-refractivity contribution in [2.45, 2.75) is 18.3 Å². The molecule has 3 rings (SSSR count). The molecular weight excluding hydrogens is 289 g/mol. The lowest BCUT2D eigenvalue weighted by Gasteiger charge is -2.33. The number of halogens is 3. The number of aromatic nitrogens is 2. The predicted molar refractivity (Wildman–Crippen MR) is 65.5 cm³/mol. The van der Waals surface area contributed by atoms with E-state index >= 15 is 0 Å². The topological polar surface area (TPSA) is 58.6 Å². The molecule has 2 atom stereocenters. The maximum Gasteiger partial charge on any atom is 0.433 e. The van der Waals surface area contributed by atoms with Gasteiger partial charge in [0.25, 0.3) is 0 Å². The van der Waals surface area contributed by atoms with Crippen LogP contribution >= 0.6 is 0 Å². The Balaban J connectivity index is 1.82. The number of anilines is 1. The van der Waals surface area contributed by atoms with Crippen LogP contribution in [0.25, 0.3) is 0 Å². The third-order valence-electron chi connectivity index (χ3n) is 3.82. The zero-order valence-electron chi connectivity index (χ0n) is 11.2. The van der Waals surface area contributed by atoms with Crippen LogP contribution in [0.1, 0.15) is 5.69 Å². The van der Waals surface area contributed by atoms with Crippen molar-refractivity contribution in [3.8, 4) is 0 Å². The van der Waals surface area contributed by atoms with E-state index in [1.54, 1.807) is 16.8 Å². The highest BCUT2D eigenvalue weighted by molar-refractivity contribution is 5.78. The summed E-state index contributed by atoms with van der Waals surface area (Å²) in [6.45, 7) is 0.793. The van der Waals surface area contributed by atoms with Gasteiger partial charge in [0.2, 0.25) is 5.91 Å². The summed E-state index contributed by atoms with van der Waals surface area (Å²) >= 11 is 0. The van der Waals surface area contributed by atoms with Crippen molar-refractivity contribution in [3.05, 3.63) is 18.1 Å². The number of alkyl halides is 3. The maximum absolute atomic E-state index is 12.7. The Morgan fingerprint density at radius 3 is 2.81 bits per heavy atom. The lowest BCUT2D eigenvalue weighted by Crippen LogP contribution is -2.51. The van der Waals surface area contributed by atoms with E-state index in [0.29, 0.717) is 13.1 Å². The van der Waals surface area contributed by atoms with E-state index in [-0.39, 0.29) is 30.5 Å². The average molecular weight is 302 g/mol. The number of rotatable bonds is 1. The Morgan fingerprint density at radius 2 is 2.10 bits per heavy atom. The number of carbonyl (C=O) groups excluding carboxylic acids is 1. The van der Waals surface area contributed by atoms with Crippen molar-refractivity contribution in [1.29, 1.82) is 0 Å². The molecule has 9 heteroatoms. The molecule has 0 unspecified atom stereocenters. The molecule has 3 heterocycles. The summed E-state index contributed by atoms with van der Waals surface area (Å²) in [5.74, 6) is 0.0629. The molecule has 2 aliphatic rings. The van der Waals surface area contributed by atoms with Gasteiger partial charge in [0.15, 0.2) is 0 Å². The van der Waals surface area contributed by atoms with Crippen molar-refractivity contribution >= 4 is 11.7 Å². The van der Waals surface area contributed by atoms with Crippen LogP contribution in [-0.4, -0.2) is 59.7 Å². The standard InChI is InChI=1S/C12H13F3N4O2/c1-18-7-3-19(4-8(7)21-5-11(18)20)10-2-9(12(13,14)15)16-6-17-10/h2,6-8H,3-5H2,1H3/t7-,8+/m1/s1. The normalized spacial score (nSPS) is 26.2. The predicted octanol–water partition coefficient (Wildman–Crippen LogP) is 0.541. The molecule has 2 saturated heterocycles. The van der Waals surface area contributed by atoms with Gasteiger partial charge in [-0.25, -0.2) is 9.97 Å². The number of fused-ring (bicyclic) bond motifs is 1. The summed E-state index contributed by atoms with van der Waals surface area (Å²) in [6, 6.07) is 0.745. The molecule has 0 saturated carbocycles. The smallest absolute Gasteiger partial charge is 0.364 e. The molecule has 2 fully saturated rings. The van der Waals surface area contributed by atoms with Gasteiger partial charge >= 0.3 is 6.18 Å². The van der Waals surface area contributed by atoms with E-state index < -0.39 is 11.9 Å². The second kappa shape index (κ2) is 4.83. The first-order chi connectivity index (χ1) is 9.86. The Hall–Kier alpha value is -1.90. The molecule has 0 N–H and O–H groups in total. The van der Waals surface area contributed by atoms with Gasteiger partial charge in [0.1, 0.15) is 24.4 Å². The van der Waals surface area contributed by atoms with Crippen LogP contribution in [-0.2, 0) is 15.7 Å². The van der Waals surface area contributed by atoms with Gasteiger partial charge in [-0.2, -0.15) is 13.2 Å². The van der Waals surface area contributed by atoms with E-state index in [9.17, 15) is 18.0 Å². The van der Waals surface area contributed by atoms with Gasteiger partial charge in [0.05, 0.1) is 12.1 Å². The number of carbonyl (C=O) groups is 1. The first kappa shape index (κ1) is 14.1. The molecule has 6 nitrogen and oxygen atoms in total. The summed E-state index contributed by atoms with van der Waals surface area (Å²) in [5.41, 5.74) is -0.979. The lowest BCUT2D eigenvalue weighted by molar-refractivity contribution is -0.150. The molecule has 0 spiro atoms. The Labute approximate surface area is 118 Å². The maximum atomic E-state index is 12.7. The quantitative estimate of drug-likeness (QED) is 0.758. The fourth-order valence-electron chi connectivity index (χ4n) is 2.62. The number of hydrogen-bond donors (Lipinski definition) is 0. The third kappa shape index (κ3) is 2.53. The van der Waals surface area contributed by atoms with E-state index in [2.05, 4.69) is 9.97 Å². The van der Waals surface area contributed by atoms with Gasteiger partial charge in [-0.15, -0.1) is 0 Å². The zero-order chi connectivity index (χ0) is 15.2. The summed E-state index contributed by atoms with van der Waals surface area (Å²) in [5, 5.41) is 0. The monoisotopic (exact) mass is 302 g/mol. The highest BCUT2D eigenvalue weighted by Crippen LogP contribution is 2.31. The first-order valence-electron chi connectivity index (χ1n) is 6.37. The molecule has 21 heavy (non-hydrogen) atoms. The minimum atomic E-state index is -4.51. The number of ether oxygens (including phenoxy) is 1. The van der Waals surface area contributed by atoms with Crippen LogP contribution in [0, 0.1) is 0 Å². The summed E-state index contributed by atoms with van der Waals surface area (Å²) < 4.78 is 43.5. The van der Waals surface area contributed by atoms with Crippen molar-refractivity contribution in [2.75, 3.05) is 31.6 Å². The summed E-state index contributed by atoms with van der Waals surface area (Å²) in [4.78, 5) is 22.0. The highest BCUT2D eigenvalue weighted by Gasteiger charge is 2.42. The largest absolute Gasteiger partial charge is 0.433 e. The molecule has 0 aromatic carbocycles. The van der Waals surface area contributed by atoms with Gasteiger partial charge in [-0.1, -0.05) is 0 Å². The third-order valence-corrected chi connectivity index (χ3v) is 3.82. The van der Waals surface area contributed by atoms with Crippen LogP contribution < -0.4 is 4.90 Å². The van der Waals surface area contributed by atoms with Crippen molar-refractivity contribution < 1.29 is 22.7 Å². The molecular formula is C12H13F3N4O2. The van der Waals surface area contributed by atoms with E-state index in [1.165, 1.54) is 0 Å². The second-order valence-electron chi connectivity index (χ2n) is 5.09. The fraction of sp³-hybridized carbons (Fsp3) is 0.583. The number of likely N-dealkylation sites (N-methyl/N-ethyl adjacent to an activating group) is 1. The number of morpholine rings is 1. The van der Waals surface area contributed by atoms with E-state index in [1.807, 2.05) is 0 Å². The molecule has 0 radical (unpaired) electrons. The van der Waals surface area contributed by atoms with Crippen LogP contribution in [0.5, 0.6) is 0 Å². The van der Waals surface area contributed by atoms with E-state index in [0.717, 1.165) is 12.4 Å². The highest BCUT2D eigenvalue weighted by atomic mass is 19.4. The Morgan fingerprint density at radius 1 is 1.33 bits per heavy atom. The molecule has 0 bridgehead atoms. The van der Waals surface area contributed by atoms with Gasteiger partial charge in [-0.3, -0.25) is 4.79 Å². The van der Waals surface area contributed by atoms with Crippen molar-refractivity contribution in [2.24, 2.45) is 0 Å². The van der Waals surface area contributed by atoms with Crippen molar-refractivity contribution in [3.63, 3.8) is 0 Å². The molecule has 114 valence electrons. The Kier molecular flexibility index (Phi) is 3.23. The SMILES string of the molecule is CN1C(=O)CO[C@H]2CN(c3cc(C(F)(F)F)ncn3)C[C@H]21. The molecule has 1 aromatic rings. The average Bonchev–Trinajstić information content (AvgIpc) is 2.87. The molecule has 2 aliphatic heterocycles. The number of hydrogen-bond acceptors (Lipinski definition) is 5. The minimum absolute atomic E-state index is 0.00306. The van der Waals surface area contributed by atoms with Crippen molar-refractivity contribution in [1.82, 2.24) is 14.9 Å². The number of amides is 1. The van der Waals surface area contributed by atoms with E-state index in [4.69, 9.17) is 4.74 Å². The Bertz CT molecular complexity index is 566. The van der Waals surface area contributed by atoms with Crippen LogP contribution in [0.15, 0.2) is 12.4 Å². The van der Waals surface area contributed by atoms with Gasteiger partial charge < -0.3 is 14.5 Å². The van der Waals surface area contributed by atoms with Crippen LogP contribution in [0.3, 0.4) is 0 Å². The van der Waals surface area contributed by atoms with Crippen LogP contribution in [0.2, 0.25) is 0 Å². The number of nitrogens with zero attached hydrogens (tertiary/aromatic N) is 4. The molecule has 1 amide bonds. The fourth-order valence-corrected chi connectivity index (χ4v) is 2.62. The molecule has 0 aliphatic carbocycles. The summed E-state index contributed by atoms with van der Waals surface area (Å²) in [7, 11) is 1.67. The molecule has 1 aromatic heterocycles. The van der Waals surface area contributed by atoms with Crippen LogP contribution in [0.4, 0.5) is 19.0 Å². The van der Waals surface area contributed by atoms with Gasteiger partial charge in [-0.05, 0) is 0 Å². The minimum Gasteiger partial charge on any atom is -0.364 e. The second-order valence-corrected chi connectivity index (χ2v) is 5.09.